The summed E-state index contributed by atoms with van der Waals surface area (Å²) in [6, 6.07) is 8.23. The first-order valence-corrected chi connectivity index (χ1v) is 8.05. The van der Waals surface area contributed by atoms with Gasteiger partial charge in [0.2, 0.25) is 5.91 Å². The van der Waals surface area contributed by atoms with Crippen LogP contribution in [0, 0.1) is 5.82 Å². The predicted molar refractivity (Wildman–Crippen MR) is 93.5 cm³/mol. The fraction of sp³-hybridized carbons (Fsp3) is 0.167. The van der Waals surface area contributed by atoms with E-state index in [2.05, 4.69) is 10.4 Å². The van der Waals surface area contributed by atoms with Gasteiger partial charge in [0.15, 0.2) is 0 Å². The van der Waals surface area contributed by atoms with Gasteiger partial charge in [-0.25, -0.2) is 9.07 Å². The second-order valence-electron chi connectivity index (χ2n) is 5.93. The van der Waals surface area contributed by atoms with Crippen molar-refractivity contribution in [1.82, 2.24) is 9.78 Å². The molecule has 0 radical (unpaired) electrons. The van der Waals surface area contributed by atoms with E-state index in [1.807, 2.05) is 0 Å². The van der Waals surface area contributed by atoms with Crippen LogP contribution in [0.25, 0.3) is 10.8 Å². The van der Waals surface area contributed by atoms with Gasteiger partial charge in [-0.2, -0.15) is 13.2 Å². The van der Waals surface area contributed by atoms with Gasteiger partial charge in [0.25, 0.3) is 11.1 Å². The van der Waals surface area contributed by atoms with Crippen LogP contribution in [0.5, 0.6) is 0 Å². The summed E-state index contributed by atoms with van der Waals surface area (Å²) >= 11 is 0. The number of H-pyrrole nitrogens is 1. The number of benzene rings is 2. The Morgan fingerprint density at radius 3 is 2.43 bits per heavy atom. The molecule has 6 nitrogen and oxygen atoms in total. The molecule has 10 heteroatoms. The molecule has 0 aliphatic carbocycles. The van der Waals surface area contributed by atoms with Crippen molar-refractivity contribution in [3.05, 3.63) is 74.6 Å². The van der Waals surface area contributed by atoms with Crippen molar-refractivity contribution in [3.8, 4) is 0 Å². The predicted octanol–water partition coefficient (Wildman–Crippen LogP) is 2.88. The van der Waals surface area contributed by atoms with E-state index in [1.165, 1.54) is 12.1 Å². The minimum absolute atomic E-state index is 0.181. The zero-order chi connectivity index (χ0) is 20.5. The lowest BCUT2D eigenvalue weighted by Crippen LogP contribution is -2.31. The molecule has 1 amide bonds. The number of nitrogens with zero attached hydrogens (tertiary/aromatic N) is 1. The molecule has 0 saturated heterocycles. The molecule has 0 unspecified atom stereocenters. The number of nitrogens with one attached hydrogen (secondary N) is 2. The van der Waals surface area contributed by atoms with Gasteiger partial charge in [0.05, 0.1) is 22.9 Å². The van der Waals surface area contributed by atoms with Crippen LogP contribution in [0.15, 0.2) is 52.1 Å². The zero-order valence-corrected chi connectivity index (χ0v) is 14.1. The Morgan fingerprint density at radius 1 is 1.07 bits per heavy atom. The Kier molecular flexibility index (Phi) is 5.04. The highest BCUT2D eigenvalue weighted by molar-refractivity contribution is 5.90. The minimum Gasteiger partial charge on any atom is -0.326 e. The fourth-order valence-electron chi connectivity index (χ4n) is 2.66. The molecule has 0 fully saturated rings. The molecule has 0 saturated carbocycles. The lowest BCUT2D eigenvalue weighted by Gasteiger charge is -2.11. The molecule has 0 atom stereocenters. The summed E-state index contributed by atoms with van der Waals surface area (Å²) in [6.07, 6.45) is -5.20. The van der Waals surface area contributed by atoms with Gasteiger partial charge in [0.1, 0.15) is 5.82 Å². The molecule has 0 aliphatic heterocycles. The van der Waals surface area contributed by atoms with Crippen LogP contribution < -0.4 is 16.4 Å². The van der Waals surface area contributed by atoms with Crippen molar-refractivity contribution in [1.29, 1.82) is 0 Å². The average Bonchev–Trinajstić information content (AvgIpc) is 2.64. The number of aryl methyl sites for hydroxylation is 1. The van der Waals surface area contributed by atoms with Gasteiger partial charge in [-0.05, 0) is 30.3 Å². The minimum atomic E-state index is -4.90. The van der Waals surface area contributed by atoms with E-state index in [-0.39, 0.29) is 29.4 Å². The monoisotopic (exact) mass is 395 g/mol. The van der Waals surface area contributed by atoms with Crippen LogP contribution in [0.1, 0.15) is 12.0 Å². The zero-order valence-electron chi connectivity index (χ0n) is 14.1. The van der Waals surface area contributed by atoms with E-state index in [0.29, 0.717) is 12.1 Å². The SMILES string of the molecule is O=C(CCn1[nH]c(=O)c2ccccc2c1=O)Nc1ccc(F)c(C(F)(F)F)c1. The number of carbonyl (C=O) groups is 1. The summed E-state index contributed by atoms with van der Waals surface area (Å²) in [6.45, 7) is -0.196. The van der Waals surface area contributed by atoms with Crippen LogP contribution in [-0.2, 0) is 17.5 Å². The van der Waals surface area contributed by atoms with Crippen molar-refractivity contribution < 1.29 is 22.4 Å². The Hall–Kier alpha value is -3.43. The van der Waals surface area contributed by atoms with Crippen molar-refractivity contribution >= 4 is 22.4 Å². The van der Waals surface area contributed by atoms with Gasteiger partial charge < -0.3 is 5.32 Å². The molecule has 3 rings (SSSR count). The number of halogens is 4. The molecule has 0 spiro atoms. The Balaban J connectivity index is 1.75. The molecule has 0 aliphatic rings. The third kappa shape index (κ3) is 3.95. The van der Waals surface area contributed by atoms with E-state index >= 15 is 0 Å². The van der Waals surface area contributed by atoms with Crippen molar-refractivity contribution in [2.45, 2.75) is 19.1 Å². The molecule has 0 bridgehead atoms. The van der Waals surface area contributed by atoms with E-state index < -0.39 is 34.6 Å². The van der Waals surface area contributed by atoms with Crippen molar-refractivity contribution in [3.63, 3.8) is 0 Å². The van der Waals surface area contributed by atoms with Crippen LogP contribution in [0.4, 0.5) is 23.2 Å². The highest BCUT2D eigenvalue weighted by Crippen LogP contribution is 2.33. The second-order valence-corrected chi connectivity index (χ2v) is 5.93. The Morgan fingerprint density at radius 2 is 1.75 bits per heavy atom. The Bertz CT molecular complexity index is 1170. The first kappa shape index (κ1) is 19.3. The van der Waals surface area contributed by atoms with E-state index in [9.17, 15) is 31.9 Å². The summed E-state index contributed by atoms with van der Waals surface area (Å²) in [5.74, 6) is -2.16. The van der Waals surface area contributed by atoms with Gasteiger partial charge in [-0.3, -0.25) is 19.5 Å². The van der Waals surface area contributed by atoms with Gasteiger partial charge >= 0.3 is 6.18 Å². The van der Waals surface area contributed by atoms with Crippen LogP contribution in [-0.4, -0.2) is 15.7 Å². The number of aromatic nitrogens is 2. The third-order valence-corrected chi connectivity index (χ3v) is 4.00. The number of alkyl halides is 3. The summed E-state index contributed by atoms with van der Waals surface area (Å²) < 4.78 is 52.4. The summed E-state index contributed by atoms with van der Waals surface area (Å²) in [5, 5.41) is 4.94. The number of carbonyl (C=O) groups excluding carboxylic acids is 1. The fourth-order valence-corrected chi connectivity index (χ4v) is 2.66. The van der Waals surface area contributed by atoms with Crippen LogP contribution in [0.3, 0.4) is 0 Å². The largest absolute Gasteiger partial charge is 0.419 e. The number of rotatable bonds is 4. The summed E-state index contributed by atoms with van der Waals surface area (Å²) in [4.78, 5) is 36.3. The summed E-state index contributed by atoms with van der Waals surface area (Å²) in [7, 11) is 0. The van der Waals surface area contributed by atoms with Gasteiger partial charge in [0, 0.05) is 12.1 Å². The highest BCUT2D eigenvalue weighted by Gasteiger charge is 2.34. The highest BCUT2D eigenvalue weighted by atomic mass is 19.4. The first-order chi connectivity index (χ1) is 13.2. The maximum Gasteiger partial charge on any atom is 0.419 e. The number of hydrogen-bond acceptors (Lipinski definition) is 3. The number of aromatic amines is 1. The second kappa shape index (κ2) is 7.29. The average molecular weight is 395 g/mol. The number of anilines is 1. The normalized spacial score (nSPS) is 11.6. The van der Waals surface area contributed by atoms with E-state index in [1.54, 1.807) is 12.1 Å². The van der Waals surface area contributed by atoms with E-state index in [4.69, 9.17) is 0 Å². The maximum atomic E-state index is 13.3. The Labute approximate surface area is 154 Å². The number of hydrogen-bond donors (Lipinski definition) is 2. The quantitative estimate of drug-likeness (QED) is 0.667. The van der Waals surface area contributed by atoms with Crippen molar-refractivity contribution in [2.75, 3.05) is 5.32 Å². The van der Waals surface area contributed by atoms with Crippen LogP contribution >= 0.6 is 0 Å². The molecule has 1 heterocycles. The van der Waals surface area contributed by atoms with E-state index in [0.717, 1.165) is 10.7 Å². The molecule has 2 N–H and O–H groups in total. The molecule has 1 aromatic heterocycles. The molecule has 28 heavy (non-hydrogen) atoms. The van der Waals surface area contributed by atoms with Gasteiger partial charge in [-0.15, -0.1) is 0 Å². The molecular formula is C18H13F4N3O3. The van der Waals surface area contributed by atoms with Crippen LogP contribution in [0.2, 0.25) is 0 Å². The molecule has 2 aromatic carbocycles. The molecule has 146 valence electrons. The summed E-state index contributed by atoms with van der Waals surface area (Å²) in [5.41, 5.74) is -2.76. The smallest absolute Gasteiger partial charge is 0.326 e. The number of amides is 1. The first-order valence-electron chi connectivity index (χ1n) is 8.05. The lowest BCUT2D eigenvalue weighted by molar-refractivity contribution is -0.140. The van der Waals surface area contributed by atoms with Gasteiger partial charge in [-0.1, -0.05) is 12.1 Å². The maximum absolute atomic E-state index is 13.3. The third-order valence-electron chi connectivity index (χ3n) is 4.00. The topological polar surface area (TPSA) is 84.0 Å². The number of fused-ring (bicyclic) bond motifs is 1. The lowest BCUT2D eigenvalue weighted by atomic mass is 10.1. The molecule has 3 aromatic rings. The molecular weight excluding hydrogens is 382 g/mol. The standard InChI is InChI=1S/C18H13F4N3O3/c19-14-6-5-10(9-13(14)18(20,21)22)23-15(26)7-8-25-17(28)12-4-2-1-3-11(12)16(27)24-25/h1-6,9H,7-8H2,(H,23,26)(H,24,27). The van der Waals surface area contributed by atoms with Crippen molar-refractivity contribution in [2.24, 2.45) is 0 Å².